The highest BCUT2D eigenvalue weighted by Crippen LogP contribution is 2.55. The molecular weight excluding hydrogens is 268 g/mol. The van der Waals surface area contributed by atoms with Crippen molar-refractivity contribution in [3.8, 4) is 5.75 Å². The number of nitrogens with one attached hydrogen (secondary N) is 1. The van der Waals surface area contributed by atoms with Crippen LogP contribution in [0.1, 0.15) is 37.2 Å². The Balaban J connectivity index is 1.92. The minimum Gasteiger partial charge on any atom is -0.467 e. The van der Waals surface area contributed by atoms with E-state index in [4.69, 9.17) is 10.5 Å². The Hall–Kier alpha value is -2.04. The summed E-state index contributed by atoms with van der Waals surface area (Å²) in [6, 6.07) is 7.69. The van der Waals surface area contributed by atoms with Gasteiger partial charge in [-0.2, -0.15) is 0 Å². The van der Waals surface area contributed by atoms with E-state index < -0.39 is 17.6 Å². The molecule has 2 aliphatic heterocycles. The lowest BCUT2D eigenvalue weighted by molar-refractivity contribution is -0.161. The Bertz CT molecular complexity index is 630. The van der Waals surface area contributed by atoms with Crippen molar-refractivity contribution in [1.29, 1.82) is 0 Å². The second-order valence-electron chi connectivity index (χ2n) is 6.28. The van der Waals surface area contributed by atoms with Crippen LogP contribution in [0, 0.1) is 11.8 Å². The van der Waals surface area contributed by atoms with Crippen molar-refractivity contribution in [2.45, 2.75) is 37.3 Å². The van der Waals surface area contributed by atoms with Crippen molar-refractivity contribution in [2.24, 2.45) is 17.6 Å². The van der Waals surface area contributed by atoms with Gasteiger partial charge in [0.05, 0.1) is 0 Å². The van der Waals surface area contributed by atoms with Crippen molar-refractivity contribution in [3.05, 3.63) is 29.8 Å². The molecule has 5 heteroatoms. The molecule has 2 amide bonds. The molecule has 1 aromatic rings. The van der Waals surface area contributed by atoms with E-state index in [9.17, 15) is 9.59 Å². The number of amides is 2. The van der Waals surface area contributed by atoms with E-state index in [2.05, 4.69) is 5.32 Å². The highest BCUT2D eigenvalue weighted by atomic mass is 16.5. The lowest BCUT2D eigenvalue weighted by Crippen LogP contribution is -2.69. The fourth-order valence-corrected chi connectivity index (χ4v) is 4.38. The molecule has 5 nitrogen and oxygen atoms in total. The summed E-state index contributed by atoms with van der Waals surface area (Å²) in [5.74, 6) is -0.912. The zero-order valence-electron chi connectivity index (χ0n) is 11.7. The summed E-state index contributed by atoms with van der Waals surface area (Å²) in [6.45, 7) is 0. The number of rotatable bonds is 1. The summed E-state index contributed by atoms with van der Waals surface area (Å²) in [5.41, 5.74) is 5.82. The molecule has 3 N–H and O–H groups in total. The van der Waals surface area contributed by atoms with Gasteiger partial charge in [-0.25, -0.2) is 0 Å². The Morgan fingerprint density at radius 2 is 2.14 bits per heavy atom. The third kappa shape index (κ3) is 1.63. The SMILES string of the molecule is NC(=O)C1C(=O)NC23CCCCC2C1c1ccccc1O3. The number of hydrogen-bond acceptors (Lipinski definition) is 3. The first-order valence-electron chi connectivity index (χ1n) is 7.52. The summed E-state index contributed by atoms with van der Waals surface area (Å²) in [6.07, 6.45) is 3.85. The Morgan fingerprint density at radius 3 is 2.95 bits per heavy atom. The molecule has 3 aliphatic rings. The predicted octanol–water partition coefficient (Wildman–Crippen LogP) is 1.28. The molecule has 4 unspecified atom stereocenters. The maximum atomic E-state index is 12.4. The van der Waals surface area contributed by atoms with Gasteiger partial charge in [0.2, 0.25) is 11.8 Å². The smallest absolute Gasteiger partial charge is 0.236 e. The molecule has 4 rings (SSSR count). The van der Waals surface area contributed by atoms with Gasteiger partial charge in [-0.15, -0.1) is 0 Å². The number of para-hydroxylation sites is 1. The van der Waals surface area contributed by atoms with Gasteiger partial charge < -0.3 is 15.8 Å². The number of hydrogen-bond donors (Lipinski definition) is 2. The largest absolute Gasteiger partial charge is 0.467 e. The molecule has 1 aliphatic carbocycles. The van der Waals surface area contributed by atoms with Crippen molar-refractivity contribution in [1.82, 2.24) is 5.32 Å². The normalized spacial score (nSPS) is 36.8. The molecule has 2 heterocycles. The van der Waals surface area contributed by atoms with Crippen LogP contribution in [0.4, 0.5) is 0 Å². The van der Waals surface area contributed by atoms with Crippen LogP contribution in [0.25, 0.3) is 0 Å². The van der Waals surface area contributed by atoms with Gasteiger partial charge in [-0.1, -0.05) is 24.6 Å². The monoisotopic (exact) mass is 286 g/mol. The molecule has 21 heavy (non-hydrogen) atoms. The molecule has 1 saturated heterocycles. The number of nitrogens with two attached hydrogens (primary N) is 1. The maximum absolute atomic E-state index is 12.4. The lowest BCUT2D eigenvalue weighted by atomic mass is 9.62. The fourth-order valence-electron chi connectivity index (χ4n) is 4.38. The fraction of sp³-hybridized carbons (Fsp3) is 0.500. The lowest BCUT2D eigenvalue weighted by Gasteiger charge is -2.55. The molecule has 2 bridgehead atoms. The molecule has 2 fully saturated rings. The average molecular weight is 286 g/mol. The molecule has 0 aromatic heterocycles. The van der Waals surface area contributed by atoms with E-state index in [1.165, 1.54) is 0 Å². The van der Waals surface area contributed by atoms with Crippen molar-refractivity contribution >= 4 is 11.8 Å². The highest BCUT2D eigenvalue weighted by molar-refractivity contribution is 6.02. The van der Waals surface area contributed by atoms with Gasteiger partial charge in [0.25, 0.3) is 0 Å². The number of fused-ring (bicyclic) bond motifs is 2. The third-order valence-corrected chi connectivity index (χ3v) is 5.20. The summed E-state index contributed by atoms with van der Waals surface area (Å²) in [5, 5.41) is 2.97. The van der Waals surface area contributed by atoms with Crippen LogP contribution in [-0.2, 0) is 9.59 Å². The molecule has 4 atom stereocenters. The molecule has 1 saturated carbocycles. The van der Waals surface area contributed by atoms with Crippen LogP contribution >= 0.6 is 0 Å². The van der Waals surface area contributed by atoms with Crippen LogP contribution in [0.5, 0.6) is 5.75 Å². The molecular formula is C16H18N2O3. The van der Waals surface area contributed by atoms with Crippen LogP contribution in [0.15, 0.2) is 24.3 Å². The maximum Gasteiger partial charge on any atom is 0.236 e. The van der Waals surface area contributed by atoms with Crippen LogP contribution in [0.3, 0.4) is 0 Å². The first-order chi connectivity index (χ1) is 10.1. The Labute approximate surface area is 122 Å². The molecule has 1 aromatic carbocycles. The Morgan fingerprint density at radius 1 is 1.33 bits per heavy atom. The van der Waals surface area contributed by atoms with E-state index in [0.29, 0.717) is 0 Å². The van der Waals surface area contributed by atoms with Gasteiger partial charge in [0, 0.05) is 18.3 Å². The minimum atomic E-state index is -0.800. The van der Waals surface area contributed by atoms with E-state index >= 15 is 0 Å². The molecule has 110 valence electrons. The van der Waals surface area contributed by atoms with Crippen molar-refractivity contribution in [2.75, 3.05) is 0 Å². The number of carbonyl (C=O) groups excluding carboxylic acids is 2. The van der Waals surface area contributed by atoms with Crippen molar-refractivity contribution < 1.29 is 14.3 Å². The van der Waals surface area contributed by atoms with E-state index in [1.54, 1.807) is 0 Å². The summed E-state index contributed by atoms with van der Waals surface area (Å²) in [7, 11) is 0. The second kappa shape index (κ2) is 4.23. The molecule has 0 radical (unpaired) electrons. The zero-order valence-corrected chi connectivity index (χ0v) is 11.7. The van der Waals surface area contributed by atoms with Gasteiger partial charge in [-0.3, -0.25) is 9.59 Å². The topological polar surface area (TPSA) is 81.4 Å². The number of carbonyl (C=O) groups is 2. The highest BCUT2D eigenvalue weighted by Gasteiger charge is 2.60. The number of ether oxygens (including phenoxy) is 1. The van der Waals surface area contributed by atoms with E-state index in [1.807, 2.05) is 24.3 Å². The standard InChI is InChI=1S/C16H18N2O3/c17-14(19)13-12-9-5-1-2-7-11(9)21-16(18-15(13)20)8-4-3-6-10(12)16/h1-2,5,7,10,12-13H,3-4,6,8H2,(H2,17,19)(H,18,20). The summed E-state index contributed by atoms with van der Waals surface area (Å²) >= 11 is 0. The van der Waals surface area contributed by atoms with Crippen LogP contribution < -0.4 is 15.8 Å². The second-order valence-corrected chi connectivity index (χ2v) is 6.28. The average Bonchev–Trinajstić information content (AvgIpc) is 2.45. The Kier molecular flexibility index (Phi) is 2.55. The quantitative estimate of drug-likeness (QED) is 0.763. The third-order valence-electron chi connectivity index (χ3n) is 5.20. The number of benzene rings is 1. The summed E-state index contributed by atoms with van der Waals surface area (Å²) < 4.78 is 6.21. The van der Waals surface area contributed by atoms with Gasteiger partial charge in [0.1, 0.15) is 11.7 Å². The van der Waals surface area contributed by atoms with Gasteiger partial charge in [0.15, 0.2) is 5.72 Å². The number of primary amides is 1. The van der Waals surface area contributed by atoms with E-state index in [0.717, 1.165) is 37.0 Å². The van der Waals surface area contributed by atoms with Gasteiger partial charge >= 0.3 is 0 Å². The minimum absolute atomic E-state index is 0.122. The predicted molar refractivity (Wildman–Crippen MR) is 75.3 cm³/mol. The van der Waals surface area contributed by atoms with Crippen molar-refractivity contribution in [3.63, 3.8) is 0 Å². The van der Waals surface area contributed by atoms with Gasteiger partial charge in [-0.05, 0) is 24.5 Å². The van der Waals surface area contributed by atoms with Crippen LogP contribution in [0.2, 0.25) is 0 Å². The first kappa shape index (κ1) is 12.7. The first-order valence-corrected chi connectivity index (χ1v) is 7.52. The number of piperidine rings is 1. The summed E-state index contributed by atoms with van der Waals surface area (Å²) in [4.78, 5) is 24.3. The molecule has 0 spiro atoms. The zero-order chi connectivity index (χ0) is 14.6. The van der Waals surface area contributed by atoms with Crippen LogP contribution in [-0.4, -0.2) is 17.5 Å². The van der Waals surface area contributed by atoms with E-state index in [-0.39, 0.29) is 17.7 Å².